The standard InChI is InChI=1S/C12H17NO2.ClH/c13-12(9-5-7-15-8-6-9)10-3-1-2-4-11(10)14;/h1-4,9,12,14H,5-8,13H2;1H/t12-;/m0./s1. The van der Waals surface area contributed by atoms with E-state index >= 15 is 0 Å². The highest BCUT2D eigenvalue weighted by Gasteiger charge is 2.23. The van der Waals surface area contributed by atoms with E-state index in [1.54, 1.807) is 6.07 Å². The third kappa shape index (κ3) is 2.88. The topological polar surface area (TPSA) is 55.5 Å². The van der Waals surface area contributed by atoms with E-state index in [1.807, 2.05) is 18.2 Å². The molecule has 1 aliphatic rings. The van der Waals surface area contributed by atoms with E-state index in [2.05, 4.69) is 0 Å². The highest BCUT2D eigenvalue weighted by atomic mass is 35.5. The Balaban J connectivity index is 0.00000128. The molecule has 0 unspecified atom stereocenters. The van der Waals surface area contributed by atoms with Gasteiger partial charge in [0, 0.05) is 24.8 Å². The number of hydrogen-bond donors (Lipinski definition) is 2. The molecule has 3 N–H and O–H groups in total. The van der Waals surface area contributed by atoms with E-state index < -0.39 is 0 Å². The molecule has 1 aromatic rings. The lowest BCUT2D eigenvalue weighted by Crippen LogP contribution is -2.27. The van der Waals surface area contributed by atoms with Gasteiger partial charge in [-0.3, -0.25) is 0 Å². The maximum Gasteiger partial charge on any atom is 0.120 e. The minimum atomic E-state index is -0.0740. The van der Waals surface area contributed by atoms with Gasteiger partial charge in [-0.15, -0.1) is 12.4 Å². The van der Waals surface area contributed by atoms with E-state index in [0.717, 1.165) is 31.6 Å². The minimum Gasteiger partial charge on any atom is -0.508 e. The first kappa shape index (κ1) is 13.3. The molecule has 1 saturated heterocycles. The summed E-state index contributed by atoms with van der Waals surface area (Å²) in [6.45, 7) is 1.57. The van der Waals surface area contributed by atoms with Crippen LogP contribution in [0.3, 0.4) is 0 Å². The second kappa shape index (κ2) is 6.09. The molecule has 0 aromatic heterocycles. The van der Waals surface area contributed by atoms with Crippen LogP contribution in [0, 0.1) is 5.92 Å². The molecule has 0 spiro atoms. The van der Waals surface area contributed by atoms with Crippen molar-refractivity contribution < 1.29 is 9.84 Å². The van der Waals surface area contributed by atoms with E-state index in [-0.39, 0.29) is 18.4 Å². The molecule has 1 heterocycles. The van der Waals surface area contributed by atoms with Gasteiger partial charge in [0.15, 0.2) is 0 Å². The molecule has 1 aliphatic heterocycles. The number of hydrogen-bond acceptors (Lipinski definition) is 3. The normalized spacial score (nSPS) is 18.8. The van der Waals surface area contributed by atoms with Crippen LogP contribution < -0.4 is 5.73 Å². The molecule has 0 radical (unpaired) electrons. The van der Waals surface area contributed by atoms with Crippen LogP contribution >= 0.6 is 12.4 Å². The largest absolute Gasteiger partial charge is 0.508 e. The molecular weight excluding hydrogens is 226 g/mol. The predicted molar refractivity (Wildman–Crippen MR) is 65.8 cm³/mol. The van der Waals surface area contributed by atoms with E-state index in [1.165, 1.54) is 0 Å². The first-order valence-corrected chi connectivity index (χ1v) is 5.40. The summed E-state index contributed by atoms with van der Waals surface area (Å²) in [6, 6.07) is 7.24. The SMILES string of the molecule is Cl.N[C@H](c1ccccc1O)C1CCOCC1. The van der Waals surface area contributed by atoms with E-state index in [4.69, 9.17) is 10.5 Å². The summed E-state index contributed by atoms with van der Waals surface area (Å²) in [7, 11) is 0. The van der Waals surface area contributed by atoms with Gasteiger partial charge in [0.25, 0.3) is 0 Å². The van der Waals surface area contributed by atoms with Crippen LogP contribution in [-0.4, -0.2) is 18.3 Å². The zero-order valence-corrected chi connectivity index (χ0v) is 9.95. The Morgan fingerprint density at radius 2 is 1.88 bits per heavy atom. The Labute approximate surface area is 102 Å². The number of phenols is 1. The Bertz CT molecular complexity index is 327. The highest BCUT2D eigenvalue weighted by molar-refractivity contribution is 5.85. The molecule has 1 aromatic carbocycles. The number of rotatable bonds is 2. The number of halogens is 1. The van der Waals surface area contributed by atoms with Crippen LogP contribution in [0.5, 0.6) is 5.75 Å². The van der Waals surface area contributed by atoms with Crippen LogP contribution in [0.4, 0.5) is 0 Å². The molecule has 0 amide bonds. The third-order valence-corrected chi connectivity index (χ3v) is 3.07. The van der Waals surface area contributed by atoms with Gasteiger partial charge in [0.1, 0.15) is 5.75 Å². The lowest BCUT2D eigenvalue weighted by Gasteiger charge is -2.28. The number of nitrogens with two attached hydrogens (primary N) is 1. The van der Waals surface area contributed by atoms with Crippen molar-refractivity contribution >= 4 is 12.4 Å². The van der Waals surface area contributed by atoms with Crippen LogP contribution in [0.1, 0.15) is 24.4 Å². The summed E-state index contributed by atoms with van der Waals surface area (Å²) in [6.07, 6.45) is 1.96. The molecular formula is C12H18ClNO2. The fourth-order valence-electron chi connectivity index (χ4n) is 2.10. The molecule has 3 nitrogen and oxygen atoms in total. The fraction of sp³-hybridized carbons (Fsp3) is 0.500. The van der Waals surface area contributed by atoms with Crippen LogP contribution in [0.2, 0.25) is 0 Å². The quantitative estimate of drug-likeness (QED) is 0.838. The summed E-state index contributed by atoms with van der Waals surface area (Å²) in [5.74, 6) is 0.726. The number of para-hydroxylation sites is 1. The Morgan fingerprint density at radius 3 is 2.50 bits per heavy atom. The van der Waals surface area contributed by atoms with Crippen molar-refractivity contribution in [3.63, 3.8) is 0 Å². The molecule has 16 heavy (non-hydrogen) atoms. The molecule has 0 aliphatic carbocycles. The summed E-state index contributed by atoms with van der Waals surface area (Å²) in [5.41, 5.74) is 7.01. The lowest BCUT2D eigenvalue weighted by molar-refractivity contribution is 0.0581. The van der Waals surface area contributed by atoms with Crippen LogP contribution in [0.25, 0.3) is 0 Å². The minimum absolute atomic E-state index is 0. The number of aromatic hydroxyl groups is 1. The fourth-order valence-corrected chi connectivity index (χ4v) is 2.10. The second-order valence-corrected chi connectivity index (χ2v) is 4.03. The maximum absolute atomic E-state index is 9.70. The molecule has 0 saturated carbocycles. The van der Waals surface area contributed by atoms with Gasteiger partial charge in [0.05, 0.1) is 0 Å². The molecule has 1 atom stereocenters. The van der Waals surface area contributed by atoms with Crippen molar-refractivity contribution in [3.05, 3.63) is 29.8 Å². The first-order valence-electron chi connectivity index (χ1n) is 5.40. The molecule has 0 bridgehead atoms. The molecule has 2 rings (SSSR count). The Kier molecular flexibility index (Phi) is 5.06. The van der Waals surface area contributed by atoms with E-state index in [0.29, 0.717) is 11.7 Å². The van der Waals surface area contributed by atoms with Crippen LogP contribution in [0.15, 0.2) is 24.3 Å². The number of benzene rings is 1. The smallest absolute Gasteiger partial charge is 0.120 e. The van der Waals surface area contributed by atoms with Crippen molar-refractivity contribution in [1.82, 2.24) is 0 Å². The third-order valence-electron chi connectivity index (χ3n) is 3.07. The van der Waals surface area contributed by atoms with Crippen molar-refractivity contribution in [2.45, 2.75) is 18.9 Å². The predicted octanol–water partition coefficient (Wildman–Crippen LogP) is 2.24. The lowest BCUT2D eigenvalue weighted by atomic mass is 9.87. The van der Waals surface area contributed by atoms with Crippen LogP contribution in [-0.2, 0) is 4.74 Å². The monoisotopic (exact) mass is 243 g/mol. The summed E-state index contributed by atoms with van der Waals surface area (Å²) in [4.78, 5) is 0. The first-order chi connectivity index (χ1) is 7.29. The number of ether oxygens (including phenoxy) is 1. The van der Waals surface area contributed by atoms with Gasteiger partial charge in [-0.25, -0.2) is 0 Å². The Morgan fingerprint density at radius 1 is 1.25 bits per heavy atom. The van der Waals surface area contributed by atoms with Gasteiger partial charge >= 0.3 is 0 Å². The summed E-state index contributed by atoms with van der Waals surface area (Å²) >= 11 is 0. The van der Waals surface area contributed by atoms with Gasteiger partial charge in [-0.2, -0.15) is 0 Å². The van der Waals surface area contributed by atoms with Gasteiger partial charge in [0.2, 0.25) is 0 Å². The average molecular weight is 244 g/mol. The maximum atomic E-state index is 9.70. The second-order valence-electron chi connectivity index (χ2n) is 4.03. The van der Waals surface area contributed by atoms with E-state index in [9.17, 15) is 5.11 Å². The summed E-state index contributed by atoms with van der Waals surface area (Å²) < 4.78 is 5.30. The average Bonchev–Trinajstić information content (AvgIpc) is 2.30. The van der Waals surface area contributed by atoms with Crippen molar-refractivity contribution in [2.24, 2.45) is 11.7 Å². The van der Waals surface area contributed by atoms with Gasteiger partial charge < -0.3 is 15.6 Å². The van der Waals surface area contributed by atoms with Crippen molar-refractivity contribution in [3.8, 4) is 5.75 Å². The summed E-state index contributed by atoms with van der Waals surface area (Å²) in [5, 5.41) is 9.70. The number of phenolic OH excluding ortho intramolecular Hbond substituents is 1. The van der Waals surface area contributed by atoms with Gasteiger partial charge in [-0.1, -0.05) is 18.2 Å². The molecule has 90 valence electrons. The zero-order valence-electron chi connectivity index (χ0n) is 9.13. The Hall–Kier alpha value is -0.770. The molecule has 4 heteroatoms. The van der Waals surface area contributed by atoms with Crippen molar-refractivity contribution in [1.29, 1.82) is 0 Å². The zero-order chi connectivity index (χ0) is 10.7. The molecule has 1 fully saturated rings. The highest BCUT2D eigenvalue weighted by Crippen LogP contribution is 2.32. The van der Waals surface area contributed by atoms with Crippen molar-refractivity contribution in [2.75, 3.05) is 13.2 Å². The van der Waals surface area contributed by atoms with Gasteiger partial charge in [-0.05, 0) is 24.8 Å².